The van der Waals surface area contributed by atoms with Crippen LogP contribution in [0.3, 0.4) is 0 Å². The molecule has 2 fully saturated rings. The van der Waals surface area contributed by atoms with Crippen molar-refractivity contribution in [2.45, 2.75) is 51.7 Å². The molecule has 1 aromatic heterocycles. The van der Waals surface area contributed by atoms with Gasteiger partial charge in [0.2, 0.25) is 0 Å². The first-order chi connectivity index (χ1) is 12.2. The number of aromatic nitrogens is 2. The number of benzene rings is 1. The Balaban J connectivity index is 1.49. The van der Waals surface area contributed by atoms with E-state index in [0.29, 0.717) is 18.0 Å². The molecule has 4 unspecified atom stereocenters. The number of likely N-dealkylation sites (tertiary alicyclic amines) is 1. The molecular weight excluding hydrogens is 310 g/mol. The number of aryl methyl sites for hydroxylation is 1. The lowest BCUT2D eigenvalue weighted by atomic mass is 9.81. The van der Waals surface area contributed by atoms with Crippen LogP contribution in [0.5, 0.6) is 0 Å². The van der Waals surface area contributed by atoms with E-state index >= 15 is 0 Å². The molecular formula is C20H31N5. The van der Waals surface area contributed by atoms with E-state index in [-0.39, 0.29) is 0 Å². The molecule has 0 bridgehead atoms. The minimum absolute atomic E-state index is 0.594. The predicted molar refractivity (Wildman–Crippen MR) is 102 cm³/mol. The van der Waals surface area contributed by atoms with Crippen LogP contribution >= 0.6 is 0 Å². The average Bonchev–Trinajstić information content (AvgIpc) is 3.16. The van der Waals surface area contributed by atoms with Crippen LogP contribution in [-0.4, -0.2) is 39.9 Å². The summed E-state index contributed by atoms with van der Waals surface area (Å²) >= 11 is 0. The third-order valence-corrected chi connectivity index (χ3v) is 6.23. The van der Waals surface area contributed by atoms with Gasteiger partial charge in [-0.1, -0.05) is 38.5 Å². The number of nitrogens with zero attached hydrogens (tertiary/aromatic N) is 3. The van der Waals surface area contributed by atoms with Crippen molar-refractivity contribution in [3.63, 3.8) is 0 Å². The Morgan fingerprint density at radius 3 is 2.96 bits per heavy atom. The van der Waals surface area contributed by atoms with E-state index in [2.05, 4.69) is 70.7 Å². The third-order valence-electron chi connectivity index (χ3n) is 6.23. The lowest BCUT2D eigenvalue weighted by molar-refractivity contribution is 0.134. The molecule has 5 nitrogen and oxygen atoms in total. The summed E-state index contributed by atoms with van der Waals surface area (Å²) in [6.45, 7) is 8.01. The number of hydrogen-bond acceptors (Lipinski definition) is 4. The monoisotopic (exact) mass is 341 g/mol. The quantitative estimate of drug-likeness (QED) is 0.878. The number of piperidine rings is 1. The first-order valence-corrected chi connectivity index (χ1v) is 9.81. The summed E-state index contributed by atoms with van der Waals surface area (Å²) in [6.07, 6.45) is 3.79. The average molecular weight is 342 g/mol. The van der Waals surface area contributed by atoms with Crippen molar-refractivity contribution in [3.05, 3.63) is 30.0 Å². The minimum Gasteiger partial charge on any atom is -0.297 e. The standard InChI is InChI=1S/C20H31N5/c1-4-7-14(2)20-16-12-25(11-10-17(16)21-22-20)13-19-15-8-5-6-9-18(15)23-24(19)3/h5-6,8-9,14,16-17,20-22H,4,7,10-13H2,1-3H3. The van der Waals surface area contributed by atoms with E-state index in [1.807, 2.05) is 0 Å². The van der Waals surface area contributed by atoms with Gasteiger partial charge in [0.15, 0.2) is 0 Å². The van der Waals surface area contributed by atoms with Crippen molar-refractivity contribution in [2.75, 3.05) is 13.1 Å². The second-order valence-electron chi connectivity index (χ2n) is 7.96. The summed E-state index contributed by atoms with van der Waals surface area (Å²) in [7, 11) is 2.08. The molecule has 2 aliphatic rings. The fraction of sp³-hybridized carbons (Fsp3) is 0.650. The van der Waals surface area contributed by atoms with Gasteiger partial charge in [0.05, 0.1) is 11.2 Å². The van der Waals surface area contributed by atoms with Crippen LogP contribution in [0.15, 0.2) is 24.3 Å². The molecule has 2 saturated heterocycles. The van der Waals surface area contributed by atoms with Crippen LogP contribution in [0, 0.1) is 11.8 Å². The molecule has 0 aliphatic carbocycles. The molecule has 0 saturated carbocycles. The molecule has 136 valence electrons. The van der Waals surface area contributed by atoms with Crippen LogP contribution in [0.25, 0.3) is 10.9 Å². The van der Waals surface area contributed by atoms with E-state index in [4.69, 9.17) is 0 Å². The highest BCUT2D eigenvalue weighted by Gasteiger charge is 2.41. The molecule has 2 aromatic rings. The van der Waals surface area contributed by atoms with E-state index in [9.17, 15) is 0 Å². The van der Waals surface area contributed by atoms with E-state index in [1.54, 1.807) is 0 Å². The van der Waals surface area contributed by atoms with Gasteiger partial charge in [0.1, 0.15) is 0 Å². The Labute approximate surface area is 150 Å². The Kier molecular flexibility index (Phi) is 4.80. The molecule has 4 rings (SSSR count). The highest BCUT2D eigenvalue weighted by molar-refractivity contribution is 5.81. The largest absolute Gasteiger partial charge is 0.297 e. The summed E-state index contributed by atoms with van der Waals surface area (Å²) < 4.78 is 2.07. The SMILES string of the molecule is CCCC(C)C1NNC2CCN(Cc3c4ccccc4nn3C)CC21. The Morgan fingerprint density at radius 2 is 2.12 bits per heavy atom. The summed E-state index contributed by atoms with van der Waals surface area (Å²) in [5, 5.41) is 5.97. The van der Waals surface area contributed by atoms with Gasteiger partial charge in [-0.15, -0.1) is 0 Å². The molecule has 0 spiro atoms. The summed E-state index contributed by atoms with van der Waals surface area (Å²) in [4.78, 5) is 2.63. The Morgan fingerprint density at radius 1 is 1.28 bits per heavy atom. The van der Waals surface area contributed by atoms with Crippen LogP contribution in [0.1, 0.15) is 38.8 Å². The number of rotatable bonds is 5. The van der Waals surface area contributed by atoms with Crippen molar-refractivity contribution in [2.24, 2.45) is 18.9 Å². The number of hydrazine groups is 1. The lowest BCUT2D eigenvalue weighted by Crippen LogP contribution is -2.47. The lowest BCUT2D eigenvalue weighted by Gasteiger charge is -2.37. The van der Waals surface area contributed by atoms with Gasteiger partial charge in [-0.05, 0) is 24.8 Å². The number of nitrogens with one attached hydrogen (secondary N) is 2. The first kappa shape index (κ1) is 17.0. The third kappa shape index (κ3) is 3.21. The Bertz CT molecular complexity index is 724. The van der Waals surface area contributed by atoms with Gasteiger partial charge in [-0.2, -0.15) is 5.10 Å². The summed E-state index contributed by atoms with van der Waals surface area (Å²) in [5.41, 5.74) is 9.63. The second-order valence-corrected chi connectivity index (χ2v) is 7.96. The van der Waals surface area contributed by atoms with Crippen LogP contribution in [0.2, 0.25) is 0 Å². The second kappa shape index (κ2) is 7.06. The van der Waals surface area contributed by atoms with Gasteiger partial charge in [0, 0.05) is 50.1 Å². The first-order valence-electron chi connectivity index (χ1n) is 9.81. The maximum atomic E-state index is 4.68. The zero-order chi connectivity index (χ0) is 17.4. The van der Waals surface area contributed by atoms with Crippen molar-refractivity contribution in [1.29, 1.82) is 0 Å². The zero-order valence-corrected chi connectivity index (χ0v) is 15.7. The molecule has 3 heterocycles. The fourth-order valence-corrected chi connectivity index (χ4v) is 4.85. The summed E-state index contributed by atoms with van der Waals surface area (Å²) in [5.74, 6) is 1.43. The maximum absolute atomic E-state index is 4.68. The van der Waals surface area contributed by atoms with Crippen LogP contribution in [0.4, 0.5) is 0 Å². The molecule has 1 aromatic carbocycles. The number of fused-ring (bicyclic) bond motifs is 2. The van der Waals surface area contributed by atoms with E-state index in [0.717, 1.165) is 24.5 Å². The number of hydrogen-bond donors (Lipinski definition) is 2. The highest BCUT2D eigenvalue weighted by Crippen LogP contribution is 2.31. The van der Waals surface area contributed by atoms with Gasteiger partial charge >= 0.3 is 0 Å². The molecule has 4 atom stereocenters. The molecule has 25 heavy (non-hydrogen) atoms. The fourth-order valence-electron chi connectivity index (χ4n) is 4.85. The molecule has 2 N–H and O–H groups in total. The topological polar surface area (TPSA) is 45.1 Å². The van der Waals surface area contributed by atoms with Gasteiger partial charge in [-0.25, -0.2) is 0 Å². The maximum Gasteiger partial charge on any atom is 0.0926 e. The molecule has 0 amide bonds. The van der Waals surface area contributed by atoms with Crippen LogP contribution < -0.4 is 10.9 Å². The van der Waals surface area contributed by atoms with Crippen molar-refractivity contribution < 1.29 is 0 Å². The predicted octanol–water partition coefficient (Wildman–Crippen LogP) is 2.68. The molecule has 0 radical (unpaired) electrons. The van der Waals surface area contributed by atoms with Crippen LogP contribution in [-0.2, 0) is 13.6 Å². The van der Waals surface area contributed by atoms with Gasteiger partial charge < -0.3 is 0 Å². The molecule has 5 heteroatoms. The van der Waals surface area contributed by atoms with Crippen molar-refractivity contribution in [3.8, 4) is 0 Å². The minimum atomic E-state index is 0.594. The van der Waals surface area contributed by atoms with Crippen molar-refractivity contribution in [1.82, 2.24) is 25.5 Å². The smallest absolute Gasteiger partial charge is 0.0926 e. The van der Waals surface area contributed by atoms with Gasteiger partial charge in [-0.3, -0.25) is 20.4 Å². The van der Waals surface area contributed by atoms with E-state index < -0.39 is 0 Å². The zero-order valence-electron chi connectivity index (χ0n) is 15.7. The van der Waals surface area contributed by atoms with Crippen molar-refractivity contribution >= 4 is 10.9 Å². The van der Waals surface area contributed by atoms with E-state index in [1.165, 1.54) is 36.9 Å². The Hall–Kier alpha value is -1.43. The molecule has 2 aliphatic heterocycles. The van der Waals surface area contributed by atoms with Gasteiger partial charge in [0.25, 0.3) is 0 Å². The summed E-state index contributed by atoms with van der Waals surface area (Å²) in [6, 6.07) is 9.72. The highest BCUT2D eigenvalue weighted by atomic mass is 15.4. The normalized spacial score (nSPS) is 28.4.